The van der Waals surface area contributed by atoms with Crippen LogP contribution in [0.4, 0.5) is 0 Å². The van der Waals surface area contributed by atoms with Crippen molar-refractivity contribution < 1.29 is 14.6 Å². The van der Waals surface area contributed by atoms with Crippen molar-refractivity contribution in [1.82, 2.24) is 9.38 Å². The van der Waals surface area contributed by atoms with Crippen LogP contribution in [0.5, 0.6) is 0 Å². The smallest absolute Gasteiger partial charge is 0.338 e. The molecule has 0 fully saturated rings. The van der Waals surface area contributed by atoms with Gasteiger partial charge < -0.3 is 9.84 Å². The van der Waals surface area contributed by atoms with Gasteiger partial charge in [0, 0.05) is 11.8 Å². The number of ether oxygens (including phenoxy) is 1. The number of pyridine rings is 1. The van der Waals surface area contributed by atoms with E-state index in [1.54, 1.807) is 30.3 Å². The van der Waals surface area contributed by atoms with Crippen LogP contribution in [0.1, 0.15) is 27.3 Å². The fourth-order valence-electron chi connectivity index (χ4n) is 2.41. The SMILES string of the molecule is Cc1cccc2nc(COC(=O)c3ccc(CO)cc3)cc(=O)n12. The molecule has 2 aromatic heterocycles. The third-order valence-electron chi connectivity index (χ3n) is 3.66. The van der Waals surface area contributed by atoms with Crippen LogP contribution in [0.15, 0.2) is 53.3 Å². The number of aryl methyl sites for hydroxylation is 1. The first-order valence-electron chi connectivity index (χ1n) is 7.44. The Balaban J connectivity index is 1.77. The van der Waals surface area contributed by atoms with Crippen molar-refractivity contribution in [2.45, 2.75) is 20.1 Å². The quantitative estimate of drug-likeness (QED) is 0.741. The molecule has 3 rings (SSSR count). The Kier molecular flexibility index (Phi) is 4.39. The predicted octanol–water partition coefficient (Wildman–Crippen LogP) is 1.85. The Labute approximate surface area is 138 Å². The van der Waals surface area contributed by atoms with Gasteiger partial charge in [0.1, 0.15) is 12.3 Å². The molecule has 0 aliphatic heterocycles. The molecular weight excluding hydrogens is 308 g/mol. The topological polar surface area (TPSA) is 80.9 Å². The van der Waals surface area contributed by atoms with Gasteiger partial charge in [0.05, 0.1) is 17.9 Å². The second kappa shape index (κ2) is 6.64. The van der Waals surface area contributed by atoms with Gasteiger partial charge >= 0.3 is 5.97 Å². The summed E-state index contributed by atoms with van der Waals surface area (Å²) in [6.07, 6.45) is 0. The lowest BCUT2D eigenvalue weighted by Crippen LogP contribution is -2.18. The van der Waals surface area contributed by atoms with E-state index in [1.165, 1.54) is 10.5 Å². The maximum absolute atomic E-state index is 12.2. The van der Waals surface area contributed by atoms with Crippen LogP contribution in [-0.4, -0.2) is 20.5 Å². The molecule has 0 bridgehead atoms. The highest BCUT2D eigenvalue weighted by Crippen LogP contribution is 2.08. The highest BCUT2D eigenvalue weighted by atomic mass is 16.5. The van der Waals surface area contributed by atoms with Crippen LogP contribution in [0.25, 0.3) is 5.65 Å². The van der Waals surface area contributed by atoms with Gasteiger partial charge in [-0.15, -0.1) is 0 Å². The minimum absolute atomic E-state index is 0.0831. The summed E-state index contributed by atoms with van der Waals surface area (Å²) in [6, 6.07) is 13.2. The third-order valence-corrected chi connectivity index (χ3v) is 3.66. The number of aromatic nitrogens is 2. The number of hydrogen-bond acceptors (Lipinski definition) is 5. The van der Waals surface area contributed by atoms with E-state index in [-0.39, 0.29) is 18.8 Å². The molecule has 0 atom stereocenters. The molecule has 24 heavy (non-hydrogen) atoms. The second-order valence-electron chi connectivity index (χ2n) is 5.38. The van der Waals surface area contributed by atoms with Gasteiger partial charge in [-0.3, -0.25) is 9.20 Å². The number of fused-ring (bicyclic) bond motifs is 1. The van der Waals surface area contributed by atoms with Crippen LogP contribution < -0.4 is 5.56 Å². The molecule has 1 N–H and O–H groups in total. The van der Waals surface area contributed by atoms with E-state index in [1.807, 2.05) is 19.1 Å². The van der Waals surface area contributed by atoms with Crippen LogP contribution in [0, 0.1) is 6.92 Å². The van der Waals surface area contributed by atoms with Gasteiger partial charge in [-0.05, 0) is 36.8 Å². The number of hydrogen-bond donors (Lipinski definition) is 1. The Hall–Kier alpha value is -2.99. The van der Waals surface area contributed by atoms with Crippen molar-refractivity contribution >= 4 is 11.6 Å². The molecule has 0 aliphatic carbocycles. The molecule has 0 radical (unpaired) electrons. The molecule has 122 valence electrons. The normalized spacial score (nSPS) is 10.8. The largest absolute Gasteiger partial charge is 0.456 e. The van der Waals surface area contributed by atoms with E-state index in [0.29, 0.717) is 22.5 Å². The molecule has 6 nitrogen and oxygen atoms in total. The molecule has 2 heterocycles. The van der Waals surface area contributed by atoms with Gasteiger partial charge in [0.25, 0.3) is 5.56 Å². The summed E-state index contributed by atoms with van der Waals surface area (Å²) < 4.78 is 6.71. The molecule has 0 spiro atoms. The Morgan fingerprint density at radius 2 is 1.96 bits per heavy atom. The van der Waals surface area contributed by atoms with Crippen molar-refractivity contribution in [2.75, 3.05) is 0 Å². The lowest BCUT2D eigenvalue weighted by atomic mass is 10.1. The number of benzene rings is 1. The molecule has 1 aromatic carbocycles. The zero-order valence-corrected chi connectivity index (χ0v) is 13.1. The number of nitrogens with zero attached hydrogens (tertiary/aromatic N) is 2. The number of esters is 1. The average molecular weight is 324 g/mol. The van der Waals surface area contributed by atoms with E-state index in [0.717, 1.165) is 5.69 Å². The van der Waals surface area contributed by atoms with E-state index in [4.69, 9.17) is 9.84 Å². The average Bonchev–Trinajstić information content (AvgIpc) is 2.59. The standard InChI is InChI=1S/C18H16N2O4/c1-12-3-2-4-16-19-15(9-17(22)20(12)16)11-24-18(23)14-7-5-13(10-21)6-8-14/h2-9,21H,10-11H2,1H3. The van der Waals surface area contributed by atoms with E-state index >= 15 is 0 Å². The molecule has 3 aromatic rings. The second-order valence-corrected chi connectivity index (χ2v) is 5.38. The highest BCUT2D eigenvalue weighted by Gasteiger charge is 2.09. The Bertz CT molecular complexity index is 945. The van der Waals surface area contributed by atoms with E-state index in [9.17, 15) is 9.59 Å². The van der Waals surface area contributed by atoms with Crippen molar-refractivity contribution in [2.24, 2.45) is 0 Å². The molecule has 6 heteroatoms. The summed E-state index contributed by atoms with van der Waals surface area (Å²) in [7, 11) is 0. The molecule has 0 amide bonds. The number of rotatable bonds is 4. The third kappa shape index (κ3) is 3.18. The first kappa shape index (κ1) is 15.9. The molecule has 0 saturated carbocycles. The van der Waals surface area contributed by atoms with Crippen LogP contribution in [0.3, 0.4) is 0 Å². The number of aliphatic hydroxyl groups excluding tert-OH is 1. The van der Waals surface area contributed by atoms with Crippen LogP contribution in [0.2, 0.25) is 0 Å². The minimum Gasteiger partial charge on any atom is -0.456 e. The summed E-state index contributed by atoms with van der Waals surface area (Å²) in [6.45, 7) is 1.66. The summed E-state index contributed by atoms with van der Waals surface area (Å²) >= 11 is 0. The van der Waals surface area contributed by atoms with Crippen molar-refractivity contribution in [3.8, 4) is 0 Å². The van der Waals surface area contributed by atoms with Crippen molar-refractivity contribution in [3.05, 3.63) is 81.4 Å². The monoisotopic (exact) mass is 324 g/mol. The van der Waals surface area contributed by atoms with Crippen LogP contribution in [-0.2, 0) is 18.0 Å². The first-order valence-corrected chi connectivity index (χ1v) is 7.44. The Morgan fingerprint density at radius 3 is 2.67 bits per heavy atom. The summed E-state index contributed by atoms with van der Waals surface area (Å²) in [5, 5.41) is 9.00. The zero-order chi connectivity index (χ0) is 17.1. The molecular formula is C18H16N2O4. The highest BCUT2D eigenvalue weighted by molar-refractivity contribution is 5.89. The molecule has 0 aliphatic rings. The van der Waals surface area contributed by atoms with Crippen molar-refractivity contribution in [1.29, 1.82) is 0 Å². The van der Waals surface area contributed by atoms with Gasteiger partial charge in [-0.25, -0.2) is 9.78 Å². The predicted molar refractivity (Wildman–Crippen MR) is 87.7 cm³/mol. The van der Waals surface area contributed by atoms with Gasteiger partial charge in [0.2, 0.25) is 0 Å². The maximum Gasteiger partial charge on any atom is 0.338 e. The fourth-order valence-corrected chi connectivity index (χ4v) is 2.41. The lowest BCUT2D eigenvalue weighted by Gasteiger charge is -2.08. The van der Waals surface area contributed by atoms with Crippen molar-refractivity contribution in [3.63, 3.8) is 0 Å². The van der Waals surface area contributed by atoms with Gasteiger partial charge in [0.15, 0.2) is 0 Å². The maximum atomic E-state index is 12.2. The number of carbonyl (C=O) groups excluding carboxylic acids is 1. The van der Waals surface area contributed by atoms with Gasteiger partial charge in [-0.2, -0.15) is 0 Å². The summed E-state index contributed by atoms with van der Waals surface area (Å²) in [4.78, 5) is 28.5. The number of carbonyl (C=O) groups is 1. The number of aliphatic hydroxyl groups is 1. The van der Waals surface area contributed by atoms with Gasteiger partial charge in [-0.1, -0.05) is 18.2 Å². The van der Waals surface area contributed by atoms with Crippen LogP contribution >= 0.6 is 0 Å². The zero-order valence-electron chi connectivity index (χ0n) is 13.1. The Morgan fingerprint density at radius 1 is 1.21 bits per heavy atom. The molecule has 0 unspecified atom stereocenters. The molecule has 0 saturated heterocycles. The fraction of sp³-hybridized carbons (Fsp3) is 0.167. The first-order chi connectivity index (χ1) is 11.6. The lowest BCUT2D eigenvalue weighted by molar-refractivity contribution is 0.0467. The summed E-state index contributed by atoms with van der Waals surface area (Å²) in [5.41, 5.74) is 2.58. The minimum atomic E-state index is -0.509. The summed E-state index contributed by atoms with van der Waals surface area (Å²) in [5.74, 6) is -0.509. The van der Waals surface area contributed by atoms with E-state index < -0.39 is 5.97 Å². The van der Waals surface area contributed by atoms with E-state index in [2.05, 4.69) is 4.98 Å².